The van der Waals surface area contributed by atoms with Crippen molar-refractivity contribution in [1.29, 1.82) is 5.26 Å². The first-order valence-electron chi connectivity index (χ1n) is 9.63. The fourth-order valence-electron chi connectivity index (χ4n) is 3.16. The van der Waals surface area contributed by atoms with E-state index < -0.39 is 11.8 Å². The lowest BCUT2D eigenvalue weighted by Crippen LogP contribution is -2.35. The topological polar surface area (TPSA) is 117 Å². The third-order valence-corrected chi connectivity index (χ3v) is 4.99. The number of hydrogen-bond donors (Lipinski definition) is 2. The minimum Gasteiger partial charge on any atom is -0.387 e. The summed E-state index contributed by atoms with van der Waals surface area (Å²) < 4.78 is 17.2. The molecule has 4 heterocycles. The van der Waals surface area contributed by atoms with Gasteiger partial charge < -0.3 is 10.4 Å². The van der Waals surface area contributed by atoms with Crippen LogP contribution in [0.15, 0.2) is 42.9 Å². The molecule has 2 N–H and O–H groups in total. The summed E-state index contributed by atoms with van der Waals surface area (Å²) in [5.74, 6) is 0. The van der Waals surface area contributed by atoms with E-state index in [9.17, 15) is 9.50 Å². The monoisotopic (exact) mass is 420 g/mol. The van der Waals surface area contributed by atoms with Crippen molar-refractivity contribution < 1.29 is 9.50 Å². The lowest BCUT2D eigenvalue weighted by atomic mass is 10.0. The van der Waals surface area contributed by atoms with E-state index in [1.165, 1.54) is 24.7 Å². The van der Waals surface area contributed by atoms with Gasteiger partial charge >= 0.3 is 0 Å². The van der Waals surface area contributed by atoms with Gasteiger partial charge in [-0.2, -0.15) is 10.4 Å². The Labute approximate surface area is 177 Å². The lowest BCUT2D eigenvalue weighted by Gasteiger charge is -2.21. The van der Waals surface area contributed by atoms with Gasteiger partial charge in [0.2, 0.25) is 0 Å². The van der Waals surface area contributed by atoms with Crippen LogP contribution in [0.3, 0.4) is 0 Å². The molecule has 9 nitrogen and oxygen atoms in total. The van der Waals surface area contributed by atoms with E-state index in [1.54, 1.807) is 30.0 Å². The number of aromatic nitrogens is 6. The molecule has 0 aromatic carbocycles. The minimum absolute atomic E-state index is 0.108. The van der Waals surface area contributed by atoms with Crippen molar-refractivity contribution >= 4 is 11.2 Å². The lowest BCUT2D eigenvalue weighted by molar-refractivity contribution is -0.0120. The van der Waals surface area contributed by atoms with Gasteiger partial charge in [0.1, 0.15) is 17.9 Å². The number of rotatable bonds is 6. The van der Waals surface area contributed by atoms with E-state index in [1.807, 2.05) is 18.2 Å². The maximum Gasteiger partial charge on any atom is 0.148 e. The standard InChI is InChI=1S/C21H21FN8O/c1-21(2,31)20(22)12-29-11-18(27-28-29)15-10-25-17(7-16(15)24-3)19-5-4-14-6-13(8-23)9-26-30(14)19/h4-7,9-11,20,31H,12H2,1-3H3,(H,24,25)/t20-/m1/s1. The van der Waals surface area contributed by atoms with E-state index in [2.05, 4.69) is 31.8 Å². The first kappa shape index (κ1) is 20.4. The van der Waals surface area contributed by atoms with Crippen molar-refractivity contribution in [3.8, 4) is 28.7 Å². The van der Waals surface area contributed by atoms with Crippen molar-refractivity contribution in [2.75, 3.05) is 12.4 Å². The largest absolute Gasteiger partial charge is 0.387 e. The van der Waals surface area contributed by atoms with Crippen LogP contribution in [-0.2, 0) is 6.54 Å². The average Bonchev–Trinajstić information content (AvgIpc) is 3.39. The molecule has 4 rings (SSSR count). The van der Waals surface area contributed by atoms with Crippen molar-refractivity contribution in [1.82, 2.24) is 29.6 Å². The van der Waals surface area contributed by atoms with E-state index in [-0.39, 0.29) is 6.54 Å². The van der Waals surface area contributed by atoms with Crippen LogP contribution in [0, 0.1) is 11.3 Å². The molecule has 0 bridgehead atoms. The summed E-state index contributed by atoms with van der Waals surface area (Å²) in [6.45, 7) is 2.72. The number of pyridine rings is 1. The van der Waals surface area contributed by atoms with Gasteiger partial charge in [-0.15, -0.1) is 5.10 Å². The van der Waals surface area contributed by atoms with Crippen molar-refractivity contribution in [3.63, 3.8) is 0 Å². The molecule has 0 saturated heterocycles. The normalized spacial score (nSPS) is 12.6. The Balaban J connectivity index is 1.66. The SMILES string of the molecule is CNc1cc(-c2ccc3cc(C#N)cnn23)ncc1-c1cn(C[C@@H](F)C(C)(C)O)nn1. The molecule has 4 aromatic rings. The summed E-state index contributed by atoms with van der Waals surface area (Å²) in [4.78, 5) is 4.55. The van der Waals surface area contributed by atoms with Gasteiger partial charge in [0.15, 0.2) is 0 Å². The van der Waals surface area contributed by atoms with Gasteiger partial charge in [-0.1, -0.05) is 5.21 Å². The number of halogens is 1. The van der Waals surface area contributed by atoms with Crippen LogP contribution >= 0.6 is 0 Å². The van der Waals surface area contributed by atoms with Crippen molar-refractivity contribution in [2.45, 2.75) is 32.2 Å². The summed E-state index contributed by atoms with van der Waals surface area (Å²) in [7, 11) is 1.78. The number of hydrogen-bond acceptors (Lipinski definition) is 7. The molecule has 0 aliphatic rings. The van der Waals surface area contributed by atoms with Gasteiger partial charge in [-0.25, -0.2) is 13.6 Å². The molecule has 0 unspecified atom stereocenters. The molecule has 4 aromatic heterocycles. The van der Waals surface area contributed by atoms with Crippen molar-refractivity contribution in [3.05, 3.63) is 48.4 Å². The summed E-state index contributed by atoms with van der Waals surface area (Å²) in [6, 6.07) is 9.47. The molecule has 0 aliphatic heterocycles. The number of anilines is 1. The number of nitrogens with one attached hydrogen (secondary N) is 1. The summed E-state index contributed by atoms with van der Waals surface area (Å²) in [5.41, 5.74) is 3.27. The third-order valence-electron chi connectivity index (χ3n) is 4.99. The average molecular weight is 420 g/mol. The summed E-state index contributed by atoms with van der Waals surface area (Å²) >= 11 is 0. The molecule has 0 saturated carbocycles. The molecule has 0 spiro atoms. The van der Waals surface area contributed by atoms with Crippen LogP contribution in [0.4, 0.5) is 10.1 Å². The Kier molecular flexibility index (Phi) is 5.12. The van der Waals surface area contributed by atoms with Crippen LogP contribution < -0.4 is 5.32 Å². The maximum atomic E-state index is 14.1. The molecular weight excluding hydrogens is 399 g/mol. The van der Waals surface area contributed by atoms with E-state index in [0.717, 1.165) is 16.9 Å². The molecule has 0 radical (unpaired) electrons. The van der Waals surface area contributed by atoms with Gasteiger partial charge in [-0.3, -0.25) is 4.98 Å². The Morgan fingerprint density at radius 2 is 2.06 bits per heavy atom. The zero-order valence-electron chi connectivity index (χ0n) is 17.3. The molecule has 158 valence electrons. The molecule has 10 heteroatoms. The molecule has 0 aliphatic carbocycles. The Bertz CT molecular complexity index is 1280. The third kappa shape index (κ3) is 3.95. The second kappa shape index (κ2) is 7.77. The predicted molar refractivity (Wildman–Crippen MR) is 113 cm³/mol. The first-order chi connectivity index (χ1) is 14.8. The Morgan fingerprint density at radius 3 is 2.77 bits per heavy atom. The zero-order valence-corrected chi connectivity index (χ0v) is 17.3. The van der Waals surface area contributed by atoms with Gasteiger partial charge in [0.05, 0.1) is 47.0 Å². The minimum atomic E-state index is -1.48. The number of nitriles is 1. The number of fused-ring (bicyclic) bond motifs is 1. The van der Waals surface area contributed by atoms with Crippen LogP contribution in [0.2, 0.25) is 0 Å². The summed E-state index contributed by atoms with van der Waals surface area (Å²) in [5, 5.41) is 34.4. The highest BCUT2D eigenvalue weighted by molar-refractivity contribution is 5.78. The summed E-state index contributed by atoms with van der Waals surface area (Å²) in [6.07, 6.45) is 3.31. The number of aliphatic hydroxyl groups is 1. The van der Waals surface area contributed by atoms with Crippen LogP contribution in [0.1, 0.15) is 19.4 Å². The second-order valence-corrected chi connectivity index (χ2v) is 7.72. The first-order valence-corrected chi connectivity index (χ1v) is 9.63. The van der Waals surface area contributed by atoms with Crippen molar-refractivity contribution in [2.24, 2.45) is 0 Å². The number of alkyl halides is 1. The fourth-order valence-corrected chi connectivity index (χ4v) is 3.16. The highest BCUT2D eigenvalue weighted by atomic mass is 19.1. The molecule has 1 atom stereocenters. The zero-order chi connectivity index (χ0) is 22.2. The van der Waals surface area contributed by atoms with E-state index >= 15 is 0 Å². The second-order valence-electron chi connectivity index (χ2n) is 7.72. The Morgan fingerprint density at radius 1 is 1.26 bits per heavy atom. The highest BCUT2D eigenvalue weighted by Gasteiger charge is 2.27. The van der Waals surface area contributed by atoms with Crippen LogP contribution in [0.25, 0.3) is 28.2 Å². The van der Waals surface area contributed by atoms with E-state index in [4.69, 9.17) is 5.26 Å². The maximum absolute atomic E-state index is 14.1. The molecule has 31 heavy (non-hydrogen) atoms. The Hall–Kier alpha value is -3.84. The fraction of sp³-hybridized carbons (Fsp3) is 0.286. The van der Waals surface area contributed by atoms with Crippen LogP contribution in [-0.4, -0.2) is 53.5 Å². The number of nitrogens with zero attached hydrogens (tertiary/aromatic N) is 7. The molecule has 0 fully saturated rings. The van der Waals surface area contributed by atoms with Crippen LogP contribution in [0.5, 0.6) is 0 Å². The van der Waals surface area contributed by atoms with E-state index in [0.29, 0.717) is 22.5 Å². The predicted octanol–water partition coefficient (Wildman–Crippen LogP) is 2.68. The highest BCUT2D eigenvalue weighted by Crippen LogP contribution is 2.30. The van der Waals surface area contributed by atoms with Gasteiger partial charge in [0.25, 0.3) is 0 Å². The molecular formula is C21H21FN8O. The van der Waals surface area contributed by atoms with Gasteiger partial charge in [0, 0.05) is 24.5 Å². The quantitative estimate of drug-likeness (QED) is 0.492. The smallest absolute Gasteiger partial charge is 0.148 e. The van der Waals surface area contributed by atoms with Gasteiger partial charge in [-0.05, 0) is 38.1 Å². The molecule has 0 amide bonds.